The van der Waals surface area contributed by atoms with Gasteiger partial charge in [0, 0.05) is 30.9 Å². The summed E-state index contributed by atoms with van der Waals surface area (Å²) in [5, 5.41) is 18.9. The van der Waals surface area contributed by atoms with Gasteiger partial charge in [-0.25, -0.2) is 0 Å². The van der Waals surface area contributed by atoms with Gasteiger partial charge in [-0.15, -0.1) is 0 Å². The van der Waals surface area contributed by atoms with Crippen LogP contribution in [0.3, 0.4) is 0 Å². The molecule has 6 heteroatoms. The van der Waals surface area contributed by atoms with E-state index in [0.29, 0.717) is 19.5 Å². The van der Waals surface area contributed by atoms with Gasteiger partial charge in [0.2, 0.25) is 5.91 Å². The number of nitro benzene ring substituents is 1. The van der Waals surface area contributed by atoms with Gasteiger partial charge in [-0.1, -0.05) is 42.5 Å². The van der Waals surface area contributed by atoms with Crippen molar-refractivity contribution in [2.75, 3.05) is 18.4 Å². The Bertz CT molecular complexity index is 923. The van der Waals surface area contributed by atoms with Gasteiger partial charge in [0.05, 0.1) is 11.3 Å². The zero-order valence-electron chi connectivity index (χ0n) is 14.1. The van der Waals surface area contributed by atoms with Crippen LogP contribution in [0.4, 0.5) is 11.4 Å². The molecule has 0 aliphatic rings. The second-order valence-electron chi connectivity index (χ2n) is 5.94. The van der Waals surface area contributed by atoms with Gasteiger partial charge in [0.25, 0.3) is 5.69 Å². The third kappa shape index (κ3) is 4.57. The standard InChI is InChI=1S/C20H19N3O3/c24-20(14-15-5-6-16-3-1-2-4-17(16)13-15)22-12-11-21-18-7-9-19(10-8-18)23(25)26/h1-10,13,21H,11-12,14H2,(H,22,24). The molecule has 3 rings (SSSR count). The number of benzene rings is 3. The number of carbonyl (C=O) groups is 1. The summed E-state index contributed by atoms with van der Waals surface area (Å²) >= 11 is 0. The fraction of sp³-hybridized carbons (Fsp3) is 0.150. The monoisotopic (exact) mass is 349 g/mol. The molecule has 3 aromatic carbocycles. The summed E-state index contributed by atoms with van der Waals surface area (Å²) in [4.78, 5) is 22.2. The van der Waals surface area contributed by atoms with Crippen molar-refractivity contribution in [2.45, 2.75) is 6.42 Å². The Morgan fingerprint density at radius 3 is 2.38 bits per heavy atom. The number of hydrogen-bond acceptors (Lipinski definition) is 4. The quantitative estimate of drug-likeness (QED) is 0.388. The molecule has 0 saturated heterocycles. The Morgan fingerprint density at radius 2 is 1.65 bits per heavy atom. The molecule has 0 saturated carbocycles. The van der Waals surface area contributed by atoms with Gasteiger partial charge in [-0.2, -0.15) is 0 Å². The minimum Gasteiger partial charge on any atom is -0.383 e. The van der Waals surface area contributed by atoms with Crippen LogP contribution in [0.5, 0.6) is 0 Å². The zero-order valence-corrected chi connectivity index (χ0v) is 14.1. The van der Waals surface area contributed by atoms with Crippen LogP contribution >= 0.6 is 0 Å². The first-order valence-corrected chi connectivity index (χ1v) is 8.34. The van der Waals surface area contributed by atoms with Gasteiger partial charge in [0.15, 0.2) is 0 Å². The summed E-state index contributed by atoms with van der Waals surface area (Å²) in [6, 6.07) is 20.3. The summed E-state index contributed by atoms with van der Waals surface area (Å²) in [7, 11) is 0. The van der Waals surface area contributed by atoms with Crippen LogP contribution in [0.25, 0.3) is 10.8 Å². The highest BCUT2D eigenvalue weighted by Gasteiger charge is 2.05. The number of nitrogens with one attached hydrogen (secondary N) is 2. The van der Waals surface area contributed by atoms with Crippen molar-refractivity contribution in [1.82, 2.24) is 5.32 Å². The number of nitrogens with zero attached hydrogens (tertiary/aromatic N) is 1. The molecule has 0 bridgehead atoms. The maximum Gasteiger partial charge on any atom is 0.269 e. The van der Waals surface area contributed by atoms with E-state index in [0.717, 1.165) is 22.0 Å². The number of non-ortho nitro benzene ring substituents is 1. The molecule has 0 fully saturated rings. The van der Waals surface area contributed by atoms with Gasteiger partial charge in [-0.05, 0) is 28.5 Å². The fourth-order valence-electron chi connectivity index (χ4n) is 2.71. The van der Waals surface area contributed by atoms with Crippen molar-refractivity contribution in [1.29, 1.82) is 0 Å². The maximum absolute atomic E-state index is 12.1. The Hall–Kier alpha value is -3.41. The largest absolute Gasteiger partial charge is 0.383 e. The molecule has 26 heavy (non-hydrogen) atoms. The second kappa shape index (κ2) is 8.11. The third-order valence-electron chi connectivity index (χ3n) is 4.03. The van der Waals surface area contributed by atoms with Crippen LogP contribution in [0.15, 0.2) is 66.7 Å². The van der Waals surface area contributed by atoms with Crippen LogP contribution in [0, 0.1) is 10.1 Å². The molecule has 3 aromatic rings. The molecule has 2 N–H and O–H groups in total. The van der Waals surface area contributed by atoms with Crippen LogP contribution in [-0.2, 0) is 11.2 Å². The number of hydrogen-bond donors (Lipinski definition) is 2. The van der Waals surface area contributed by atoms with E-state index in [2.05, 4.69) is 10.6 Å². The predicted molar refractivity (Wildman–Crippen MR) is 102 cm³/mol. The first-order chi connectivity index (χ1) is 12.6. The Labute approximate surface area is 151 Å². The molecule has 6 nitrogen and oxygen atoms in total. The lowest BCUT2D eigenvalue weighted by atomic mass is 10.1. The molecular formula is C20H19N3O3. The van der Waals surface area contributed by atoms with Crippen LogP contribution in [0.2, 0.25) is 0 Å². The van der Waals surface area contributed by atoms with Crippen molar-refractivity contribution in [2.24, 2.45) is 0 Å². The molecule has 1 amide bonds. The van der Waals surface area contributed by atoms with E-state index in [4.69, 9.17) is 0 Å². The second-order valence-corrected chi connectivity index (χ2v) is 5.94. The molecule has 0 atom stereocenters. The van der Waals surface area contributed by atoms with E-state index < -0.39 is 4.92 Å². The summed E-state index contributed by atoms with van der Waals surface area (Å²) in [6.45, 7) is 1.02. The predicted octanol–water partition coefficient (Wildman–Crippen LogP) is 3.52. The SMILES string of the molecule is O=C(Cc1ccc2ccccc2c1)NCCNc1ccc([N+](=O)[O-])cc1. The summed E-state index contributed by atoms with van der Waals surface area (Å²) in [5.41, 5.74) is 1.81. The molecule has 0 aromatic heterocycles. The van der Waals surface area contributed by atoms with E-state index in [1.165, 1.54) is 12.1 Å². The van der Waals surface area contributed by atoms with Gasteiger partial charge < -0.3 is 10.6 Å². The van der Waals surface area contributed by atoms with Crippen molar-refractivity contribution >= 4 is 28.1 Å². The molecule has 0 spiro atoms. The average molecular weight is 349 g/mol. The molecule has 0 heterocycles. The zero-order chi connectivity index (χ0) is 18.4. The third-order valence-corrected chi connectivity index (χ3v) is 4.03. The smallest absolute Gasteiger partial charge is 0.269 e. The molecular weight excluding hydrogens is 330 g/mol. The molecule has 0 aliphatic heterocycles. The van der Waals surface area contributed by atoms with Crippen LogP contribution in [-0.4, -0.2) is 23.9 Å². The topological polar surface area (TPSA) is 84.3 Å². The van der Waals surface area contributed by atoms with E-state index >= 15 is 0 Å². The number of anilines is 1. The average Bonchev–Trinajstić information content (AvgIpc) is 2.65. The number of rotatable bonds is 7. The highest BCUT2D eigenvalue weighted by molar-refractivity contribution is 5.85. The number of amides is 1. The van der Waals surface area contributed by atoms with E-state index in [9.17, 15) is 14.9 Å². The Kier molecular flexibility index (Phi) is 5.43. The van der Waals surface area contributed by atoms with E-state index in [1.807, 2.05) is 42.5 Å². The lowest BCUT2D eigenvalue weighted by Gasteiger charge is -2.08. The highest BCUT2D eigenvalue weighted by atomic mass is 16.6. The van der Waals surface area contributed by atoms with Crippen molar-refractivity contribution < 1.29 is 9.72 Å². The van der Waals surface area contributed by atoms with Gasteiger partial charge >= 0.3 is 0 Å². The fourth-order valence-corrected chi connectivity index (χ4v) is 2.71. The number of nitro groups is 1. The van der Waals surface area contributed by atoms with Crippen molar-refractivity contribution in [3.8, 4) is 0 Å². The van der Waals surface area contributed by atoms with E-state index in [-0.39, 0.29) is 11.6 Å². The molecule has 132 valence electrons. The first kappa shape index (κ1) is 17.4. The molecule has 0 aliphatic carbocycles. The lowest BCUT2D eigenvalue weighted by molar-refractivity contribution is -0.384. The minimum atomic E-state index is -0.434. The molecule has 0 unspecified atom stereocenters. The highest BCUT2D eigenvalue weighted by Crippen LogP contribution is 2.16. The van der Waals surface area contributed by atoms with E-state index in [1.54, 1.807) is 12.1 Å². The Balaban J connectivity index is 1.44. The number of carbonyl (C=O) groups excluding carboxylic acids is 1. The van der Waals surface area contributed by atoms with Crippen LogP contribution in [0.1, 0.15) is 5.56 Å². The lowest BCUT2D eigenvalue weighted by Crippen LogP contribution is -2.30. The summed E-state index contributed by atoms with van der Waals surface area (Å²) < 4.78 is 0. The summed E-state index contributed by atoms with van der Waals surface area (Å²) in [6.07, 6.45) is 0.336. The molecule has 0 radical (unpaired) electrons. The first-order valence-electron chi connectivity index (χ1n) is 8.34. The minimum absolute atomic E-state index is 0.0363. The normalized spacial score (nSPS) is 10.5. The van der Waals surface area contributed by atoms with Crippen molar-refractivity contribution in [3.63, 3.8) is 0 Å². The Morgan fingerprint density at radius 1 is 0.923 bits per heavy atom. The van der Waals surface area contributed by atoms with Crippen molar-refractivity contribution in [3.05, 3.63) is 82.4 Å². The summed E-state index contributed by atoms with van der Waals surface area (Å²) in [5.74, 6) is -0.0363. The maximum atomic E-state index is 12.1. The number of fused-ring (bicyclic) bond motifs is 1. The van der Waals surface area contributed by atoms with Gasteiger partial charge in [-0.3, -0.25) is 14.9 Å². The van der Waals surface area contributed by atoms with Gasteiger partial charge in [0.1, 0.15) is 0 Å². The van der Waals surface area contributed by atoms with Crippen LogP contribution < -0.4 is 10.6 Å².